The second-order valence-electron chi connectivity index (χ2n) is 10.3. The highest BCUT2D eigenvalue weighted by atomic mass is 19.4. The second-order valence-corrected chi connectivity index (χ2v) is 10.3. The second kappa shape index (κ2) is 7.66. The number of halogens is 3. The van der Waals surface area contributed by atoms with Crippen molar-refractivity contribution in [1.82, 2.24) is 14.9 Å². The molecule has 2 aromatic rings. The zero-order chi connectivity index (χ0) is 25.2. The first-order chi connectivity index (χ1) is 16.4. The fraction of sp³-hybridized carbons (Fsp3) is 0.520. The molecule has 3 aliphatic rings. The third kappa shape index (κ3) is 3.40. The quantitative estimate of drug-likeness (QED) is 0.610. The van der Waals surface area contributed by atoms with Crippen LogP contribution in [0.2, 0.25) is 0 Å². The maximum Gasteiger partial charge on any atom is 0.416 e. The van der Waals surface area contributed by atoms with Crippen LogP contribution in [0.4, 0.5) is 19.1 Å². The van der Waals surface area contributed by atoms with Gasteiger partial charge in [0.05, 0.1) is 16.7 Å². The number of ether oxygens (including phenoxy) is 1. The predicted octanol–water partition coefficient (Wildman–Crippen LogP) is 3.93. The molecule has 0 N–H and O–H groups in total. The molecule has 1 aliphatic carbocycles. The van der Waals surface area contributed by atoms with Crippen LogP contribution >= 0.6 is 0 Å². The van der Waals surface area contributed by atoms with Gasteiger partial charge in [-0.3, -0.25) is 9.59 Å². The summed E-state index contributed by atoms with van der Waals surface area (Å²) in [6, 6.07) is 6.61. The van der Waals surface area contributed by atoms with Crippen LogP contribution in [0.15, 0.2) is 36.5 Å². The highest BCUT2D eigenvalue weighted by molar-refractivity contribution is 5.96. The predicted molar refractivity (Wildman–Crippen MR) is 121 cm³/mol. The summed E-state index contributed by atoms with van der Waals surface area (Å²) in [5.41, 5.74) is -2.40. The number of amides is 1. The molecule has 1 saturated carbocycles. The fourth-order valence-electron chi connectivity index (χ4n) is 5.60. The maximum atomic E-state index is 13.6. The standard InChI is InChI=1S/C25H27F3N4O3/c1-22(2)23(3)8-9-24(22,35-20(23)34)19(33)31-11-13-32(14-12-31)21-29-10-7-18(30-21)16-5-4-6-17(15-16)25(26,27)28/h4-7,10,15H,8-9,11-14H2,1-3H3/t23-,24?/m0/s1. The molecule has 2 bridgehead atoms. The lowest BCUT2D eigenvalue weighted by atomic mass is 9.66. The van der Waals surface area contributed by atoms with E-state index in [1.807, 2.05) is 25.7 Å². The van der Waals surface area contributed by atoms with Crippen LogP contribution in [0.5, 0.6) is 0 Å². The summed E-state index contributed by atoms with van der Waals surface area (Å²) in [7, 11) is 0. The summed E-state index contributed by atoms with van der Waals surface area (Å²) in [5.74, 6) is -0.0675. The van der Waals surface area contributed by atoms with Gasteiger partial charge in [-0.1, -0.05) is 26.0 Å². The van der Waals surface area contributed by atoms with E-state index in [0.29, 0.717) is 56.2 Å². The van der Waals surface area contributed by atoms with Crippen LogP contribution < -0.4 is 4.90 Å². The van der Waals surface area contributed by atoms with E-state index >= 15 is 0 Å². The Balaban J connectivity index is 1.31. The molecule has 5 rings (SSSR count). The zero-order valence-corrected chi connectivity index (χ0v) is 19.9. The van der Waals surface area contributed by atoms with Gasteiger partial charge in [0, 0.05) is 43.4 Å². The molecule has 3 heterocycles. The van der Waals surface area contributed by atoms with E-state index < -0.39 is 28.2 Å². The van der Waals surface area contributed by atoms with Crippen molar-refractivity contribution in [3.05, 3.63) is 42.1 Å². The number of fused-ring (bicyclic) bond motifs is 2. The Kier molecular flexibility index (Phi) is 5.16. The zero-order valence-electron chi connectivity index (χ0n) is 19.9. The molecule has 3 fully saturated rings. The fourth-order valence-corrected chi connectivity index (χ4v) is 5.60. The lowest BCUT2D eigenvalue weighted by molar-refractivity contribution is -0.174. The van der Waals surface area contributed by atoms with Gasteiger partial charge in [0.15, 0.2) is 5.60 Å². The number of alkyl halides is 3. The van der Waals surface area contributed by atoms with E-state index in [1.54, 1.807) is 17.0 Å². The molecule has 0 spiro atoms. The Labute approximate surface area is 201 Å². The molecule has 10 heteroatoms. The Hall–Kier alpha value is -3.17. The number of esters is 1. The van der Waals surface area contributed by atoms with Crippen molar-refractivity contribution in [2.24, 2.45) is 10.8 Å². The highest BCUT2D eigenvalue weighted by Gasteiger charge is 2.76. The van der Waals surface area contributed by atoms with E-state index in [1.165, 1.54) is 12.3 Å². The minimum absolute atomic E-state index is 0.157. The lowest BCUT2D eigenvalue weighted by Crippen LogP contribution is -2.59. The molecular weight excluding hydrogens is 461 g/mol. The number of hydrogen-bond acceptors (Lipinski definition) is 6. The number of hydrogen-bond donors (Lipinski definition) is 0. The first-order valence-corrected chi connectivity index (χ1v) is 11.7. The molecule has 7 nitrogen and oxygen atoms in total. The Morgan fingerprint density at radius 3 is 2.37 bits per heavy atom. The third-order valence-corrected chi connectivity index (χ3v) is 8.41. The summed E-state index contributed by atoms with van der Waals surface area (Å²) >= 11 is 0. The minimum atomic E-state index is -4.44. The van der Waals surface area contributed by atoms with Crippen molar-refractivity contribution >= 4 is 17.8 Å². The molecule has 1 aromatic heterocycles. The van der Waals surface area contributed by atoms with Gasteiger partial charge < -0.3 is 14.5 Å². The Morgan fingerprint density at radius 1 is 1.06 bits per heavy atom. The van der Waals surface area contributed by atoms with Crippen molar-refractivity contribution in [1.29, 1.82) is 0 Å². The third-order valence-electron chi connectivity index (χ3n) is 8.41. The number of rotatable bonds is 3. The summed E-state index contributed by atoms with van der Waals surface area (Å²) in [6.45, 7) is 7.48. The summed E-state index contributed by atoms with van der Waals surface area (Å²) < 4.78 is 45.1. The molecule has 1 aromatic carbocycles. The molecule has 2 atom stereocenters. The molecule has 1 unspecified atom stereocenters. The van der Waals surface area contributed by atoms with Gasteiger partial charge in [-0.05, 0) is 38.0 Å². The summed E-state index contributed by atoms with van der Waals surface area (Å²) in [4.78, 5) is 38.6. The number of aromatic nitrogens is 2. The maximum absolute atomic E-state index is 13.6. The van der Waals surface area contributed by atoms with Crippen LogP contribution in [-0.4, -0.2) is 58.5 Å². The van der Waals surface area contributed by atoms with Crippen molar-refractivity contribution < 1.29 is 27.5 Å². The smallest absolute Gasteiger partial charge is 0.416 e. The van der Waals surface area contributed by atoms with Crippen LogP contribution in [0.1, 0.15) is 39.2 Å². The van der Waals surface area contributed by atoms with Crippen LogP contribution in [0.3, 0.4) is 0 Å². The topological polar surface area (TPSA) is 75.6 Å². The average Bonchev–Trinajstić information content (AvgIpc) is 3.13. The first kappa shape index (κ1) is 23.6. The number of nitrogens with zero attached hydrogens (tertiary/aromatic N) is 4. The lowest BCUT2D eigenvalue weighted by Gasteiger charge is -2.42. The molecular formula is C25H27F3N4O3. The van der Waals surface area contributed by atoms with Crippen LogP contribution in [-0.2, 0) is 20.5 Å². The minimum Gasteiger partial charge on any atom is -0.448 e. The van der Waals surface area contributed by atoms with Crippen LogP contribution in [0, 0.1) is 10.8 Å². The largest absolute Gasteiger partial charge is 0.448 e. The van der Waals surface area contributed by atoms with E-state index in [0.717, 1.165) is 12.1 Å². The molecule has 1 amide bonds. The number of carbonyl (C=O) groups is 2. The monoisotopic (exact) mass is 488 g/mol. The molecule has 2 saturated heterocycles. The number of anilines is 1. The molecule has 186 valence electrons. The van der Waals surface area contributed by atoms with E-state index in [-0.39, 0.29) is 11.9 Å². The van der Waals surface area contributed by atoms with Gasteiger partial charge >= 0.3 is 12.1 Å². The van der Waals surface area contributed by atoms with Crippen molar-refractivity contribution in [2.45, 2.75) is 45.4 Å². The van der Waals surface area contributed by atoms with Gasteiger partial charge in [-0.2, -0.15) is 13.2 Å². The molecule has 35 heavy (non-hydrogen) atoms. The SMILES string of the molecule is CC1(C)C2(C(=O)N3CCN(c4nccc(-c5cccc(C(F)(F)F)c5)n4)CC3)CC[C@@]1(C)C(=O)O2. The number of benzene rings is 1. The Morgan fingerprint density at radius 2 is 1.77 bits per heavy atom. The van der Waals surface area contributed by atoms with Gasteiger partial charge in [0.2, 0.25) is 5.95 Å². The van der Waals surface area contributed by atoms with Crippen molar-refractivity contribution in [3.8, 4) is 11.3 Å². The number of carbonyl (C=O) groups excluding carboxylic acids is 2. The summed E-state index contributed by atoms with van der Waals surface area (Å²) in [6.07, 6.45) is -1.77. The van der Waals surface area contributed by atoms with Gasteiger partial charge in [0.25, 0.3) is 5.91 Å². The van der Waals surface area contributed by atoms with Crippen LogP contribution in [0.25, 0.3) is 11.3 Å². The van der Waals surface area contributed by atoms with E-state index in [4.69, 9.17) is 4.74 Å². The molecule has 2 aliphatic heterocycles. The van der Waals surface area contributed by atoms with E-state index in [2.05, 4.69) is 9.97 Å². The van der Waals surface area contributed by atoms with E-state index in [9.17, 15) is 22.8 Å². The number of piperazine rings is 1. The molecule has 0 radical (unpaired) electrons. The van der Waals surface area contributed by atoms with Crippen molar-refractivity contribution in [3.63, 3.8) is 0 Å². The van der Waals surface area contributed by atoms with Gasteiger partial charge in [0.1, 0.15) is 0 Å². The first-order valence-electron chi connectivity index (χ1n) is 11.7. The Bertz CT molecular complexity index is 1190. The van der Waals surface area contributed by atoms with Crippen molar-refractivity contribution in [2.75, 3.05) is 31.1 Å². The normalized spacial score (nSPS) is 27.8. The van der Waals surface area contributed by atoms with Gasteiger partial charge in [-0.15, -0.1) is 0 Å². The average molecular weight is 489 g/mol. The van der Waals surface area contributed by atoms with Gasteiger partial charge in [-0.25, -0.2) is 9.97 Å². The highest BCUT2D eigenvalue weighted by Crippen LogP contribution is 2.66. The summed E-state index contributed by atoms with van der Waals surface area (Å²) in [5, 5.41) is 0.